The molecule has 0 aliphatic carbocycles. The molecule has 2 aromatic rings. The van der Waals surface area contributed by atoms with Gasteiger partial charge in [-0.15, -0.1) is 0 Å². The standard InChI is InChI=1S/C17H18N4O/c1-13-3-2-4-17(20-13)22-16-7-9-21(10-8-16)15-6-5-14(11-18)19-12-15/h2-6,12,16H,7-10H2,1H3. The van der Waals surface area contributed by atoms with Crippen molar-refractivity contribution in [3.8, 4) is 11.9 Å². The van der Waals surface area contributed by atoms with E-state index in [2.05, 4.69) is 14.9 Å². The van der Waals surface area contributed by atoms with E-state index in [0.29, 0.717) is 11.6 Å². The Morgan fingerprint density at radius 3 is 2.68 bits per heavy atom. The van der Waals surface area contributed by atoms with E-state index in [0.717, 1.165) is 37.3 Å². The molecule has 22 heavy (non-hydrogen) atoms. The van der Waals surface area contributed by atoms with Gasteiger partial charge in [-0.3, -0.25) is 0 Å². The number of piperidine rings is 1. The van der Waals surface area contributed by atoms with Crippen LogP contribution in [0, 0.1) is 18.3 Å². The van der Waals surface area contributed by atoms with Crippen LogP contribution in [0.1, 0.15) is 24.2 Å². The van der Waals surface area contributed by atoms with Crippen LogP contribution in [0.2, 0.25) is 0 Å². The summed E-state index contributed by atoms with van der Waals surface area (Å²) in [6.07, 6.45) is 3.88. The van der Waals surface area contributed by atoms with Crippen molar-refractivity contribution in [2.24, 2.45) is 0 Å². The first-order valence-corrected chi connectivity index (χ1v) is 7.46. The minimum absolute atomic E-state index is 0.205. The van der Waals surface area contributed by atoms with Gasteiger partial charge in [0.1, 0.15) is 17.9 Å². The highest BCUT2D eigenvalue weighted by atomic mass is 16.5. The first-order valence-electron chi connectivity index (χ1n) is 7.46. The van der Waals surface area contributed by atoms with Crippen LogP contribution < -0.4 is 9.64 Å². The van der Waals surface area contributed by atoms with Crippen LogP contribution in [0.5, 0.6) is 5.88 Å². The lowest BCUT2D eigenvalue weighted by Crippen LogP contribution is -2.38. The summed E-state index contributed by atoms with van der Waals surface area (Å²) in [7, 11) is 0. The maximum Gasteiger partial charge on any atom is 0.213 e. The van der Waals surface area contributed by atoms with Gasteiger partial charge in [-0.25, -0.2) is 9.97 Å². The number of rotatable bonds is 3. The molecular formula is C17H18N4O. The molecule has 0 saturated carbocycles. The lowest BCUT2D eigenvalue weighted by atomic mass is 10.1. The summed E-state index contributed by atoms with van der Waals surface area (Å²) in [5.41, 5.74) is 2.48. The Morgan fingerprint density at radius 1 is 1.23 bits per heavy atom. The van der Waals surface area contributed by atoms with Crippen molar-refractivity contribution < 1.29 is 4.74 Å². The zero-order chi connectivity index (χ0) is 15.4. The van der Waals surface area contributed by atoms with Crippen molar-refractivity contribution in [3.05, 3.63) is 47.9 Å². The lowest BCUT2D eigenvalue weighted by molar-refractivity contribution is 0.164. The first-order chi connectivity index (χ1) is 10.7. The van der Waals surface area contributed by atoms with Crippen LogP contribution in [0.4, 0.5) is 5.69 Å². The maximum absolute atomic E-state index is 8.78. The topological polar surface area (TPSA) is 62.0 Å². The predicted molar refractivity (Wildman–Crippen MR) is 83.8 cm³/mol. The molecule has 2 aromatic heterocycles. The highest BCUT2D eigenvalue weighted by Crippen LogP contribution is 2.22. The second kappa shape index (κ2) is 6.44. The second-order valence-electron chi connectivity index (χ2n) is 5.43. The van der Waals surface area contributed by atoms with Crippen LogP contribution in [-0.2, 0) is 0 Å². The lowest BCUT2D eigenvalue weighted by Gasteiger charge is -2.33. The smallest absolute Gasteiger partial charge is 0.213 e. The number of anilines is 1. The van der Waals surface area contributed by atoms with Gasteiger partial charge in [0, 0.05) is 37.7 Å². The van der Waals surface area contributed by atoms with Crippen molar-refractivity contribution in [2.75, 3.05) is 18.0 Å². The zero-order valence-electron chi connectivity index (χ0n) is 12.6. The molecule has 0 amide bonds. The Morgan fingerprint density at radius 2 is 2.05 bits per heavy atom. The quantitative estimate of drug-likeness (QED) is 0.871. The predicted octanol–water partition coefficient (Wildman–Crippen LogP) is 2.70. The third-order valence-electron chi connectivity index (χ3n) is 3.82. The monoisotopic (exact) mass is 294 g/mol. The molecule has 112 valence electrons. The van der Waals surface area contributed by atoms with Crippen LogP contribution >= 0.6 is 0 Å². The second-order valence-corrected chi connectivity index (χ2v) is 5.43. The fourth-order valence-electron chi connectivity index (χ4n) is 2.63. The summed E-state index contributed by atoms with van der Waals surface area (Å²) < 4.78 is 5.96. The molecule has 0 N–H and O–H groups in total. The SMILES string of the molecule is Cc1cccc(OC2CCN(c3ccc(C#N)nc3)CC2)n1. The van der Waals surface area contributed by atoms with Gasteiger partial charge in [0.2, 0.25) is 5.88 Å². The number of ether oxygens (including phenoxy) is 1. The van der Waals surface area contributed by atoms with Crippen molar-refractivity contribution in [1.82, 2.24) is 9.97 Å². The van der Waals surface area contributed by atoms with Crippen LogP contribution in [0.3, 0.4) is 0 Å². The first kappa shape index (κ1) is 14.3. The van der Waals surface area contributed by atoms with E-state index in [9.17, 15) is 0 Å². The molecular weight excluding hydrogens is 276 g/mol. The molecule has 3 heterocycles. The van der Waals surface area contributed by atoms with Crippen LogP contribution in [0.25, 0.3) is 0 Å². The van der Waals surface area contributed by atoms with Crippen LogP contribution in [-0.4, -0.2) is 29.2 Å². The third kappa shape index (κ3) is 3.34. The van der Waals surface area contributed by atoms with Gasteiger partial charge in [-0.1, -0.05) is 6.07 Å². The number of hydrogen-bond acceptors (Lipinski definition) is 5. The molecule has 0 spiro atoms. The Hall–Kier alpha value is -2.61. The molecule has 1 saturated heterocycles. The van der Waals surface area contributed by atoms with E-state index in [1.165, 1.54) is 0 Å². The number of nitrogens with zero attached hydrogens (tertiary/aromatic N) is 4. The molecule has 0 radical (unpaired) electrons. The number of pyridine rings is 2. The summed E-state index contributed by atoms with van der Waals surface area (Å²) in [5, 5.41) is 8.78. The fourth-order valence-corrected chi connectivity index (χ4v) is 2.63. The molecule has 1 aliphatic rings. The van der Waals surface area contributed by atoms with Crippen LogP contribution in [0.15, 0.2) is 36.5 Å². The maximum atomic E-state index is 8.78. The van der Waals surface area contributed by atoms with E-state index in [-0.39, 0.29) is 6.10 Å². The average molecular weight is 294 g/mol. The minimum Gasteiger partial charge on any atom is -0.474 e. The Labute approximate surface area is 130 Å². The number of aryl methyl sites for hydroxylation is 1. The third-order valence-corrected chi connectivity index (χ3v) is 3.82. The molecule has 5 heteroatoms. The molecule has 1 aliphatic heterocycles. The number of nitriles is 1. The Balaban J connectivity index is 1.57. The normalized spacial score (nSPS) is 15.4. The Bertz CT molecular complexity index is 670. The molecule has 3 rings (SSSR count). The minimum atomic E-state index is 0.205. The van der Waals surface area contributed by atoms with Crippen molar-refractivity contribution in [1.29, 1.82) is 5.26 Å². The average Bonchev–Trinajstić information content (AvgIpc) is 2.56. The number of aromatic nitrogens is 2. The van der Waals surface area contributed by atoms with Gasteiger partial charge in [-0.2, -0.15) is 5.26 Å². The summed E-state index contributed by atoms with van der Waals surface area (Å²) in [6.45, 7) is 3.81. The zero-order valence-corrected chi connectivity index (χ0v) is 12.6. The summed E-state index contributed by atoms with van der Waals surface area (Å²) >= 11 is 0. The molecule has 0 aromatic carbocycles. The van der Waals surface area contributed by atoms with Gasteiger partial charge >= 0.3 is 0 Å². The largest absolute Gasteiger partial charge is 0.474 e. The van der Waals surface area contributed by atoms with Gasteiger partial charge < -0.3 is 9.64 Å². The van der Waals surface area contributed by atoms with Gasteiger partial charge in [0.15, 0.2) is 0 Å². The van der Waals surface area contributed by atoms with E-state index in [4.69, 9.17) is 10.00 Å². The van der Waals surface area contributed by atoms with Crippen molar-refractivity contribution in [2.45, 2.75) is 25.9 Å². The molecule has 0 atom stereocenters. The van der Waals surface area contributed by atoms with Gasteiger partial charge in [-0.05, 0) is 25.1 Å². The van der Waals surface area contributed by atoms with E-state index >= 15 is 0 Å². The molecule has 1 fully saturated rings. The van der Waals surface area contributed by atoms with Crippen molar-refractivity contribution in [3.63, 3.8) is 0 Å². The summed E-state index contributed by atoms with van der Waals surface area (Å²) in [4.78, 5) is 10.8. The molecule has 0 bridgehead atoms. The van der Waals surface area contributed by atoms with E-state index < -0.39 is 0 Å². The number of hydrogen-bond donors (Lipinski definition) is 0. The van der Waals surface area contributed by atoms with E-state index in [1.807, 2.05) is 37.3 Å². The molecule has 5 nitrogen and oxygen atoms in total. The fraction of sp³-hybridized carbons (Fsp3) is 0.353. The van der Waals surface area contributed by atoms with E-state index in [1.54, 1.807) is 12.3 Å². The highest BCUT2D eigenvalue weighted by Gasteiger charge is 2.21. The summed E-state index contributed by atoms with van der Waals surface area (Å²) in [6, 6.07) is 11.6. The highest BCUT2D eigenvalue weighted by molar-refractivity contribution is 5.46. The molecule has 0 unspecified atom stereocenters. The Kier molecular flexibility index (Phi) is 4.19. The van der Waals surface area contributed by atoms with Gasteiger partial charge in [0.05, 0.1) is 11.9 Å². The van der Waals surface area contributed by atoms with Gasteiger partial charge in [0.25, 0.3) is 0 Å². The van der Waals surface area contributed by atoms with Crippen molar-refractivity contribution >= 4 is 5.69 Å². The summed E-state index contributed by atoms with van der Waals surface area (Å²) in [5.74, 6) is 0.707.